The van der Waals surface area contributed by atoms with Crippen LogP contribution in [0, 0.1) is 12.3 Å². The molecule has 0 aliphatic carbocycles. The lowest BCUT2D eigenvalue weighted by atomic mass is 10.4. The third kappa shape index (κ3) is 7.06. The van der Waals surface area contributed by atoms with Gasteiger partial charge >= 0.3 is 0 Å². The van der Waals surface area contributed by atoms with Crippen molar-refractivity contribution in [3.05, 3.63) is 0 Å². The van der Waals surface area contributed by atoms with Gasteiger partial charge in [0.2, 0.25) is 0 Å². The summed E-state index contributed by atoms with van der Waals surface area (Å²) in [5, 5.41) is 10.8. The molecule has 0 aromatic rings. The second kappa shape index (κ2) is 8.05. The largest absolute Gasteiger partial charge is 0.394 e. The maximum Gasteiger partial charge on any atom is 0.295 e. The van der Waals surface area contributed by atoms with Crippen LogP contribution >= 0.6 is 0 Å². The quantitative estimate of drug-likeness (QED) is 0.403. The van der Waals surface area contributed by atoms with Gasteiger partial charge < -0.3 is 15.2 Å². The summed E-state index contributed by atoms with van der Waals surface area (Å²) < 4.78 is 4.95. The Morgan fingerprint density at radius 3 is 2.92 bits per heavy atom. The fourth-order valence-electron chi connectivity index (χ4n) is 0.594. The van der Waals surface area contributed by atoms with Gasteiger partial charge in [-0.15, -0.1) is 6.42 Å². The van der Waals surface area contributed by atoms with Crippen molar-refractivity contribution < 1.29 is 14.6 Å². The van der Waals surface area contributed by atoms with E-state index in [9.17, 15) is 4.79 Å². The van der Waals surface area contributed by atoms with Crippen LogP contribution in [0.4, 0.5) is 0 Å². The minimum Gasteiger partial charge on any atom is -0.394 e. The van der Waals surface area contributed by atoms with Crippen molar-refractivity contribution in [2.45, 2.75) is 6.42 Å². The van der Waals surface area contributed by atoms with Gasteiger partial charge in [0.25, 0.3) is 5.91 Å². The molecular formula is C8H13NO3. The first-order valence-corrected chi connectivity index (χ1v) is 3.74. The predicted octanol–water partition coefficient (Wildman–Crippen LogP) is -0.865. The topological polar surface area (TPSA) is 58.6 Å². The molecule has 0 spiro atoms. The number of aliphatic hydroxyl groups excluding tert-OH is 1. The normalized spacial score (nSPS) is 9.00. The Balaban J connectivity index is 3.02. The molecule has 12 heavy (non-hydrogen) atoms. The lowest BCUT2D eigenvalue weighted by Crippen LogP contribution is -2.23. The minimum absolute atomic E-state index is 0.0245. The molecule has 2 N–H and O–H groups in total. The zero-order valence-corrected chi connectivity index (χ0v) is 6.88. The van der Waals surface area contributed by atoms with Crippen LogP contribution in [-0.4, -0.2) is 37.4 Å². The van der Waals surface area contributed by atoms with Gasteiger partial charge in [-0.2, -0.15) is 0 Å². The maximum atomic E-state index is 10.5. The van der Waals surface area contributed by atoms with E-state index in [2.05, 4.69) is 5.32 Å². The predicted molar refractivity (Wildman–Crippen MR) is 44.4 cm³/mol. The van der Waals surface area contributed by atoms with Crippen molar-refractivity contribution in [1.29, 1.82) is 0 Å². The Hall–Kier alpha value is -1.05. The number of nitrogens with one attached hydrogen (secondary N) is 1. The summed E-state index contributed by atoms with van der Waals surface area (Å²) in [5.74, 6) is 1.53. The van der Waals surface area contributed by atoms with Gasteiger partial charge in [0.05, 0.1) is 13.2 Å². The number of amides is 1. The van der Waals surface area contributed by atoms with E-state index in [0.717, 1.165) is 0 Å². The average molecular weight is 171 g/mol. The summed E-state index contributed by atoms with van der Waals surface area (Å²) in [6, 6.07) is 0. The van der Waals surface area contributed by atoms with Crippen molar-refractivity contribution in [2.24, 2.45) is 0 Å². The lowest BCUT2D eigenvalue weighted by molar-refractivity contribution is -0.115. The fourth-order valence-corrected chi connectivity index (χ4v) is 0.594. The number of hydrogen-bond donors (Lipinski definition) is 2. The summed E-state index contributed by atoms with van der Waals surface area (Å²) in [6.45, 7) is 1.39. The van der Waals surface area contributed by atoms with E-state index < -0.39 is 5.91 Å². The van der Waals surface area contributed by atoms with Crippen LogP contribution < -0.4 is 5.32 Å². The Kier molecular flexibility index (Phi) is 7.35. The molecule has 0 bridgehead atoms. The van der Waals surface area contributed by atoms with Crippen LogP contribution in [0.15, 0.2) is 0 Å². The molecule has 0 atom stereocenters. The second-order valence-electron chi connectivity index (χ2n) is 2.09. The Morgan fingerprint density at radius 2 is 2.33 bits per heavy atom. The van der Waals surface area contributed by atoms with E-state index in [4.69, 9.17) is 16.3 Å². The van der Waals surface area contributed by atoms with Crippen LogP contribution in [0.3, 0.4) is 0 Å². The second-order valence-corrected chi connectivity index (χ2v) is 2.09. The summed E-state index contributed by atoms with van der Waals surface area (Å²) in [4.78, 5) is 10.5. The van der Waals surface area contributed by atoms with Crippen LogP contribution in [0.2, 0.25) is 0 Å². The maximum absolute atomic E-state index is 10.5. The highest BCUT2D eigenvalue weighted by atomic mass is 16.5. The number of aliphatic hydroxyl groups is 1. The Labute approximate surface area is 71.9 Å². The standard InChI is InChI=1S/C8H13NO3/c1-2-8(11)9-4-3-6-12-7-5-10/h1,10H,3-7H2,(H,9,11). The molecular weight excluding hydrogens is 158 g/mol. The minimum atomic E-state index is -0.405. The number of rotatable bonds is 6. The Bertz CT molecular complexity index is 162. The first kappa shape index (κ1) is 11.0. The van der Waals surface area contributed by atoms with Crippen LogP contribution in [-0.2, 0) is 9.53 Å². The molecule has 0 aromatic carbocycles. The molecule has 1 amide bonds. The zero-order chi connectivity index (χ0) is 9.23. The van der Waals surface area contributed by atoms with E-state index in [1.807, 2.05) is 5.92 Å². The smallest absolute Gasteiger partial charge is 0.295 e. The van der Waals surface area contributed by atoms with Gasteiger partial charge in [0.15, 0.2) is 0 Å². The first-order valence-electron chi connectivity index (χ1n) is 3.74. The van der Waals surface area contributed by atoms with Crippen molar-refractivity contribution in [1.82, 2.24) is 5.32 Å². The van der Waals surface area contributed by atoms with Crippen LogP contribution in [0.5, 0.6) is 0 Å². The molecule has 4 heteroatoms. The third-order valence-corrected chi connectivity index (χ3v) is 1.12. The van der Waals surface area contributed by atoms with Crippen molar-refractivity contribution in [3.8, 4) is 12.3 Å². The molecule has 0 rings (SSSR count). The molecule has 0 saturated heterocycles. The van der Waals surface area contributed by atoms with E-state index in [0.29, 0.717) is 26.2 Å². The molecule has 0 heterocycles. The Morgan fingerprint density at radius 1 is 1.58 bits per heavy atom. The van der Waals surface area contributed by atoms with E-state index in [-0.39, 0.29) is 6.61 Å². The molecule has 0 saturated carbocycles. The summed E-state index contributed by atoms with van der Waals surface area (Å²) in [7, 11) is 0. The monoisotopic (exact) mass is 171 g/mol. The molecule has 68 valence electrons. The van der Waals surface area contributed by atoms with E-state index >= 15 is 0 Å². The molecule has 0 unspecified atom stereocenters. The third-order valence-electron chi connectivity index (χ3n) is 1.12. The summed E-state index contributed by atoms with van der Waals surface area (Å²) in [6.07, 6.45) is 5.51. The molecule has 4 nitrogen and oxygen atoms in total. The molecule has 0 fully saturated rings. The molecule has 0 aliphatic heterocycles. The summed E-state index contributed by atoms with van der Waals surface area (Å²) >= 11 is 0. The number of carbonyl (C=O) groups excluding carboxylic acids is 1. The highest BCUT2D eigenvalue weighted by Crippen LogP contribution is 1.79. The van der Waals surface area contributed by atoms with E-state index in [1.54, 1.807) is 0 Å². The molecule has 0 aliphatic rings. The average Bonchev–Trinajstić information content (AvgIpc) is 2.10. The van der Waals surface area contributed by atoms with Crippen LogP contribution in [0.25, 0.3) is 0 Å². The van der Waals surface area contributed by atoms with Crippen molar-refractivity contribution in [3.63, 3.8) is 0 Å². The van der Waals surface area contributed by atoms with Gasteiger partial charge in [-0.3, -0.25) is 4.79 Å². The fraction of sp³-hybridized carbons (Fsp3) is 0.625. The van der Waals surface area contributed by atoms with Gasteiger partial charge in [-0.05, 0) is 12.3 Å². The van der Waals surface area contributed by atoms with Gasteiger partial charge in [0, 0.05) is 13.2 Å². The SMILES string of the molecule is C#CC(=O)NCCCOCCO. The van der Waals surface area contributed by atoms with Crippen LogP contribution in [0.1, 0.15) is 6.42 Å². The summed E-state index contributed by atoms with van der Waals surface area (Å²) in [5.41, 5.74) is 0. The van der Waals surface area contributed by atoms with Gasteiger partial charge in [-0.25, -0.2) is 0 Å². The highest BCUT2D eigenvalue weighted by Gasteiger charge is 1.92. The van der Waals surface area contributed by atoms with Gasteiger partial charge in [-0.1, -0.05) is 0 Å². The number of carbonyl (C=O) groups is 1. The highest BCUT2D eigenvalue weighted by molar-refractivity contribution is 5.92. The van der Waals surface area contributed by atoms with Crippen molar-refractivity contribution >= 4 is 5.91 Å². The van der Waals surface area contributed by atoms with Gasteiger partial charge in [0.1, 0.15) is 0 Å². The lowest BCUT2D eigenvalue weighted by Gasteiger charge is -2.01. The molecule has 0 aromatic heterocycles. The zero-order valence-electron chi connectivity index (χ0n) is 6.88. The number of ether oxygens (including phenoxy) is 1. The van der Waals surface area contributed by atoms with E-state index in [1.165, 1.54) is 0 Å². The number of hydrogen-bond acceptors (Lipinski definition) is 3. The van der Waals surface area contributed by atoms with Crippen molar-refractivity contribution in [2.75, 3.05) is 26.4 Å². The molecule has 0 radical (unpaired) electrons. The first-order chi connectivity index (χ1) is 5.81. The number of terminal acetylenes is 1.